The van der Waals surface area contributed by atoms with Gasteiger partial charge in [0.2, 0.25) is 0 Å². The average Bonchev–Trinajstić information content (AvgIpc) is 2.45. The number of nitrogens with zero attached hydrogens (tertiary/aromatic N) is 1. The number of ether oxygens (including phenoxy) is 1. The number of benzene rings is 1. The zero-order chi connectivity index (χ0) is 14.5. The highest BCUT2D eigenvalue weighted by molar-refractivity contribution is 6.30. The molecule has 0 spiro atoms. The molecule has 0 amide bonds. The van der Waals surface area contributed by atoms with Crippen LogP contribution in [0.3, 0.4) is 0 Å². The summed E-state index contributed by atoms with van der Waals surface area (Å²) in [5.41, 5.74) is 2.96. The van der Waals surface area contributed by atoms with Gasteiger partial charge in [0.1, 0.15) is 12.4 Å². The first-order chi connectivity index (χ1) is 9.60. The molecule has 0 saturated heterocycles. The molecule has 1 heterocycles. The number of rotatable bonds is 5. The Morgan fingerprint density at radius 1 is 1.30 bits per heavy atom. The van der Waals surface area contributed by atoms with Crippen molar-refractivity contribution in [3.63, 3.8) is 0 Å². The summed E-state index contributed by atoms with van der Waals surface area (Å²) in [4.78, 5) is 4.43. The Morgan fingerprint density at radius 3 is 2.80 bits per heavy atom. The van der Waals surface area contributed by atoms with Gasteiger partial charge in [0.15, 0.2) is 0 Å². The molecule has 1 unspecified atom stereocenters. The summed E-state index contributed by atoms with van der Waals surface area (Å²) in [5.74, 6) is 0.833. The number of aryl methyl sites for hydroxylation is 1. The molecule has 4 heteroatoms. The molecule has 106 valence electrons. The second kappa shape index (κ2) is 6.73. The van der Waals surface area contributed by atoms with E-state index in [4.69, 9.17) is 16.3 Å². The number of aromatic nitrogens is 1. The molecule has 1 N–H and O–H groups in total. The van der Waals surface area contributed by atoms with Crippen LogP contribution >= 0.6 is 11.6 Å². The van der Waals surface area contributed by atoms with E-state index in [0.717, 1.165) is 22.7 Å². The summed E-state index contributed by atoms with van der Waals surface area (Å²) in [7, 11) is 1.91. The van der Waals surface area contributed by atoms with Crippen molar-refractivity contribution in [3.05, 3.63) is 58.4 Å². The second-order valence-corrected chi connectivity index (χ2v) is 5.19. The largest absolute Gasteiger partial charge is 0.487 e. The summed E-state index contributed by atoms with van der Waals surface area (Å²) in [6.45, 7) is 4.50. The van der Waals surface area contributed by atoms with Crippen LogP contribution in [0.25, 0.3) is 0 Å². The van der Waals surface area contributed by atoms with Crippen LogP contribution in [-0.2, 0) is 6.61 Å². The SMILES string of the molecule is CNC(C)c1cc(Cl)ccc1OCc1cccc(C)n1. The first-order valence-electron chi connectivity index (χ1n) is 6.62. The number of hydrogen-bond donors (Lipinski definition) is 1. The van der Waals surface area contributed by atoms with Crippen molar-refractivity contribution in [1.29, 1.82) is 0 Å². The van der Waals surface area contributed by atoms with Crippen molar-refractivity contribution in [2.24, 2.45) is 0 Å². The molecule has 3 nitrogen and oxygen atoms in total. The maximum absolute atomic E-state index is 6.06. The normalized spacial score (nSPS) is 12.2. The Hall–Kier alpha value is -1.58. The maximum Gasteiger partial charge on any atom is 0.130 e. The van der Waals surface area contributed by atoms with Gasteiger partial charge in [-0.3, -0.25) is 4.98 Å². The van der Waals surface area contributed by atoms with Gasteiger partial charge >= 0.3 is 0 Å². The molecule has 2 rings (SSSR count). The van der Waals surface area contributed by atoms with Crippen LogP contribution in [0.4, 0.5) is 0 Å². The van der Waals surface area contributed by atoms with E-state index in [0.29, 0.717) is 11.6 Å². The minimum absolute atomic E-state index is 0.175. The van der Waals surface area contributed by atoms with Gasteiger partial charge in [-0.25, -0.2) is 0 Å². The zero-order valence-corrected chi connectivity index (χ0v) is 12.7. The topological polar surface area (TPSA) is 34.1 Å². The quantitative estimate of drug-likeness (QED) is 0.907. The molecule has 0 fully saturated rings. The smallest absolute Gasteiger partial charge is 0.130 e. The third kappa shape index (κ3) is 3.71. The molecule has 0 aliphatic rings. The number of halogens is 1. The highest BCUT2D eigenvalue weighted by Gasteiger charge is 2.11. The van der Waals surface area contributed by atoms with E-state index in [9.17, 15) is 0 Å². The Kier molecular flexibility index (Phi) is 4.99. The van der Waals surface area contributed by atoms with E-state index in [1.807, 2.05) is 50.4 Å². The number of nitrogens with one attached hydrogen (secondary N) is 1. The van der Waals surface area contributed by atoms with Crippen LogP contribution in [0.15, 0.2) is 36.4 Å². The van der Waals surface area contributed by atoms with Gasteiger partial charge < -0.3 is 10.1 Å². The van der Waals surface area contributed by atoms with Crippen LogP contribution in [0.5, 0.6) is 5.75 Å². The van der Waals surface area contributed by atoms with Gasteiger partial charge in [-0.05, 0) is 51.2 Å². The molecule has 1 aromatic carbocycles. The van der Waals surface area contributed by atoms with Gasteiger partial charge in [-0.15, -0.1) is 0 Å². The van der Waals surface area contributed by atoms with E-state index in [-0.39, 0.29) is 6.04 Å². The average molecular weight is 291 g/mol. The Morgan fingerprint density at radius 2 is 2.10 bits per heavy atom. The first kappa shape index (κ1) is 14.8. The van der Waals surface area contributed by atoms with Crippen LogP contribution in [0, 0.1) is 6.92 Å². The highest BCUT2D eigenvalue weighted by atomic mass is 35.5. The van der Waals surface area contributed by atoms with Crippen molar-refractivity contribution in [1.82, 2.24) is 10.3 Å². The molecule has 1 atom stereocenters. The Bertz CT molecular complexity index is 586. The number of pyridine rings is 1. The summed E-state index contributed by atoms with van der Waals surface area (Å²) in [6, 6.07) is 11.8. The maximum atomic E-state index is 6.06. The van der Waals surface area contributed by atoms with Gasteiger partial charge in [0.05, 0.1) is 5.69 Å². The molecular formula is C16H19ClN2O. The molecule has 20 heavy (non-hydrogen) atoms. The lowest BCUT2D eigenvalue weighted by Crippen LogP contribution is -2.14. The van der Waals surface area contributed by atoms with Crippen LogP contribution in [0.1, 0.15) is 29.9 Å². The molecule has 0 radical (unpaired) electrons. The van der Waals surface area contributed by atoms with Gasteiger partial charge in [0, 0.05) is 22.3 Å². The van der Waals surface area contributed by atoms with Crippen molar-refractivity contribution in [2.45, 2.75) is 26.5 Å². The molecule has 0 aliphatic heterocycles. The molecule has 2 aromatic rings. The Balaban J connectivity index is 2.16. The lowest BCUT2D eigenvalue weighted by Gasteiger charge is -2.17. The third-order valence-electron chi connectivity index (χ3n) is 3.19. The first-order valence-corrected chi connectivity index (χ1v) is 7.00. The monoisotopic (exact) mass is 290 g/mol. The summed E-state index contributed by atoms with van der Waals surface area (Å²) < 4.78 is 5.90. The van der Waals surface area contributed by atoms with Crippen LogP contribution < -0.4 is 10.1 Å². The minimum atomic E-state index is 0.175. The van der Waals surface area contributed by atoms with Crippen molar-refractivity contribution >= 4 is 11.6 Å². The van der Waals surface area contributed by atoms with E-state index in [1.165, 1.54) is 0 Å². The summed E-state index contributed by atoms with van der Waals surface area (Å²) in [5, 5.41) is 3.91. The van der Waals surface area contributed by atoms with Crippen LogP contribution in [-0.4, -0.2) is 12.0 Å². The van der Waals surface area contributed by atoms with E-state index in [2.05, 4.69) is 17.2 Å². The lowest BCUT2D eigenvalue weighted by atomic mass is 10.1. The standard InChI is InChI=1S/C16H19ClN2O/c1-11-5-4-6-14(19-11)10-20-16-8-7-13(17)9-15(16)12(2)18-3/h4-9,12,18H,10H2,1-3H3. The van der Waals surface area contributed by atoms with Gasteiger partial charge in [0.25, 0.3) is 0 Å². The van der Waals surface area contributed by atoms with Crippen molar-refractivity contribution < 1.29 is 4.74 Å². The molecule has 0 aliphatic carbocycles. The zero-order valence-electron chi connectivity index (χ0n) is 12.0. The lowest BCUT2D eigenvalue weighted by molar-refractivity contribution is 0.295. The molecular weight excluding hydrogens is 272 g/mol. The fourth-order valence-corrected chi connectivity index (χ4v) is 2.16. The predicted molar refractivity (Wildman–Crippen MR) is 82.2 cm³/mol. The van der Waals surface area contributed by atoms with Gasteiger partial charge in [-0.1, -0.05) is 17.7 Å². The minimum Gasteiger partial charge on any atom is -0.487 e. The van der Waals surface area contributed by atoms with E-state index in [1.54, 1.807) is 0 Å². The summed E-state index contributed by atoms with van der Waals surface area (Å²) >= 11 is 6.06. The van der Waals surface area contributed by atoms with E-state index >= 15 is 0 Å². The van der Waals surface area contributed by atoms with Crippen molar-refractivity contribution in [2.75, 3.05) is 7.05 Å². The third-order valence-corrected chi connectivity index (χ3v) is 3.43. The second-order valence-electron chi connectivity index (χ2n) is 4.75. The van der Waals surface area contributed by atoms with Crippen LogP contribution in [0.2, 0.25) is 5.02 Å². The molecule has 0 bridgehead atoms. The fraction of sp³-hybridized carbons (Fsp3) is 0.312. The van der Waals surface area contributed by atoms with Crippen molar-refractivity contribution in [3.8, 4) is 5.75 Å². The highest BCUT2D eigenvalue weighted by Crippen LogP contribution is 2.28. The number of hydrogen-bond acceptors (Lipinski definition) is 3. The summed E-state index contributed by atoms with van der Waals surface area (Å²) in [6.07, 6.45) is 0. The predicted octanol–water partition coefficient (Wildman–Crippen LogP) is 3.90. The molecule has 1 aromatic heterocycles. The van der Waals surface area contributed by atoms with E-state index < -0.39 is 0 Å². The molecule has 0 saturated carbocycles. The van der Waals surface area contributed by atoms with Gasteiger partial charge in [-0.2, -0.15) is 0 Å². The Labute approximate surface area is 124 Å². The fourth-order valence-electron chi connectivity index (χ4n) is 1.98.